The third-order valence-electron chi connectivity index (χ3n) is 3.76. The summed E-state index contributed by atoms with van der Waals surface area (Å²) in [5, 5.41) is 4.43. The lowest BCUT2D eigenvalue weighted by molar-refractivity contribution is 0.493. The van der Waals surface area contributed by atoms with Crippen molar-refractivity contribution in [3.8, 4) is 0 Å². The van der Waals surface area contributed by atoms with Gasteiger partial charge in [-0.2, -0.15) is 0 Å². The Morgan fingerprint density at radius 1 is 0.900 bits per heavy atom. The van der Waals surface area contributed by atoms with E-state index in [1.165, 1.54) is 22.3 Å². The highest BCUT2D eigenvalue weighted by atomic mass is 35.5. The lowest BCUT2D eigenvalue weighted by Gasteiger charge is -2.22. The van der Waals surface area contributed by atoms with Gasteiger partial charge in [0, 0.05) is 17.1 Å². The van der Waals surface area contributed by atoms with Crippen molar-refractivity contribution in [2.45, 2.75) is 39.8 Å². The van der Waals surface area contributed by atoms with Crippen LogP contribution in [0.15, 0.2) is 42.5 Å². The van der Waals surface area contributed by atoms with Crippen molar-refractivity contribution in [1.82, 2.24) is 5.32 Å². The molecule has 0 saturated heterocycles. The molecule has 0 aliphatic heterocycles. The molecular formula is C18H22ClN. The largest absolute Gasteiger partial charge is 0.304 e. The van der Waals surface area contributed by atoms with Crippen LogP contribution in [0, 0.1) is 13.8 Å². The second kappa shape index (κ2) is 6.43. The maximum atomic E-state index is 5.93. The number of nitrogens with one attached hydrogen (secondary N) is 1. The lowest BCUT2D eigenvalue weighted by Crippen LogP contribution is -2.23. The van der Waals surface area contributed by atoms with Crippen molar-refractivity contribution >= 4 is 11.6 Å². The van der Waals surface area contributed by atoms with Crippen molar-refractivity contribution in [2.75, 3.05) is 0 Å². The van der Waals surface area contributed by atoms with Gasteiger partial charge in [0.15, 0.2) is 0 Å². The summed E-state index contributed by atoms with van der Waals surface area (Å²) in [6.45, 7) is 8.70. The molecule has 2 aromatic rings. The molecule has 0 fully saturated rings. The minimum Gasteiger partial charge on any atom is -0.304 e. The van der Waals surface area contributed by atoms with Crippen LogP contribution in [0.3, 0.4) is 0 Å². The Kier molecular flexibility index (Phi) is 4.85. The number of hydrogen-bond donors (Lipinski definition) is 1. The molecule has 0 aliphatic rings. The molecule has 0 aliphatic carbocycles. The van der Waals surface area contributed by atoms with Crippen LogP contribution < -0.4 is 5.32 Å². The normalized spacial score (nSPS) is 14.1. The highest BCUT2D eigenvalue weighted by Gasteiger charge is 2.12. The van der Waals surface area contributed by atoms with E-state index in [-0.39, 0.29) is 0 Å². The van der Waals surface area contributed by atoms with E-state index in [0.717, 1.165) is 5.02 Å². The highest BCUT2D eigenvalue weighted by Crippen LogP contribution is 2.23. The van der Waals surface area contributed by atoms with Gasteiger partial charge in [0.1, 0.15) is 0 Å². The molecule has 1 nitrogen and oxygen atoms in total. The van der Waals surface area contributed by atoms with Gasteiger partial charge in [-0.15, -0.1) is 0 Å². The lowest BCUT2D eigenvalue weighted by atomic mass is 9.99. The summed E-state index contributed by atoms with van der Waals surface area (Å²) in [7, 11) is 0. The Morgan fingerprint density at radius 2 is 1.55 bits per heavy atom. The molecule has 20 heavy (non-hydrogen) atoms. The zero-order chi connectivity index (χ0) is 14.7. The highest BCUT2D eigenvalue weighted by molar-refractivity contribution is 6.30. The third-order valence-corrected chi connectivity index (χ3v) is 4.01. The van der Waals surface area contributed by atoms with Crippen LogP contribution in [0.25, 0.3) is 0 Å². The maximum Gasteiger partial charge on any atom is 0.0406 e. The summed E-state index contributed by atoms with van der Waals surface area (Å²) in [5.74, 6) is 0. The minimum absolute atomic E-state index is 0.294. The fourth-order valence-electron chi connectivity index (χ4n) is 2.62. The number of halogens is 1. The predicted octanol–water partition coefficient (Wildman–Crippen LogP) is 5.37. The molecule has 2 unspecified atom stereocenters. The summed E-state index contributed by atoms with van der Waals surface area (Å²) in [6, 6.07) is 15.3. The molecule has 2 heteroatoms. The van der Waals surface area contributed by atoms with Crippen molar-refractivity contribution in [2.24, 2.45) is 0 Å². The van der Waals surface area contributed by atoms with Gasteiger partial charge in [-0.3, -0.25) is 0 Å². The number of rotatable bonds is 4. The van der Waals surface area contributed by atoms with E-state index >= 15 is 0 Å². The number of benzene rings is 2. The standard InChI is InChI=1S/C18H22ClN/c1-12-5-10-18(13(2)11-12)15(4)20-14(3)16-6-8-17(19)9-7-16/h5-11,14-15,20H,1-4H3. The van der Waals surface area contributed by atoms with Crippen LogP contribution in [0.2, 0.25) is 5.02 Å². The predicted molar refractivity (Wildman–Crippen MR) is 87.3 cm³/mol. The van der Waals surface area contributed by atoms with E-state index in [0.29, 0.717) is 12.1 Å². The SMILES string of the molecule is Cc1ccc(C(C)NC(C)c2ccc(Cl)cc2)c(C)c1. The van der Waals surface area contributed by atoms with E-state index in [2.05, 4.69) is 63.3 Å². The molecule has 0 radical (unpaired) electrons. The van der Waals surface area contributed by atoms with Crippen LogP contribution in [-0.2, 0) is 0 Å². The second-order valence-electron chi connectivity index (χ2n) is 5.52. The van der Waals surface area contributed by atoms with Gasteiger partial charge < -0.3 is 5.32 Å². The molecule has 2 rings (SSSR count). The zero-order valence-corrected chi connectivity index (χ0v) is 13.3. The van der Waals surface area contributed by atoms with Gasteiger partial charge in [0.05, 0.1) is 0 Å². The maximum absolute atomic E-state index is 5.93. The average molecular weight is 288 g/mol. The first-order chi connectivity index (χ1) is 9.47. The van der Waals surface area contributed by atoms with Crippen LogP contribution in [0.4, 0.5) is 0 Å². The summed E-state index contributed by atoms with van der Waals surface area (Å²) in [6.07, 6.45) is 0. The van der Waals surface area contributed by atoms with E-state index in [4.69, 9.17) is 11.6 Å². The minimum atomic E-state index is 0.294. The molecule has 2 aromatic carbocycles. The Hall–Kier alpha value is -1.31. The van der Waals surface area contributed by atoms with Crippen molar-refractivity contribution in [3.63, 3.8) is 0 Å². The fourth-order valence-corrected chi connectivity index (χ4v) is 2.75. The Balaban J connectivity index is 2.10. The van der Waals surface area contributed by atoms with Gasteiger partial charge in [0.2, 0.25) is 0 Å². The molecule has 0 amide bonds. The third kappa shape index (κ3) is 3.62. The zero-order valence-electron chi connectivity index (χ0n) is 12.6. The van der Waals surface area contributed by atoms with Gasteiger partial charge >= 0.3 is 0 Å². The van der Waals surface area contributed by atoms with Crippen LogP contribution in [0.5, 0.6) is 0 Å². The first-order valence-electron chi connectivity index (χ1n) is 7.06. The molecule has 2 atom stereocenters. The Bertz CT molecular complexity index is 574. The Morgan fingerprint density at radius 3 is 2.15 bits per heavy atom. The smallest absolute Gasteiger partial charge is 0.0406 e. The summed E-state index contributed by atoms with van der Waals surface area (Å²) < 4.78 is 0. The number of hydrogen-bond acceptors (Lipinski definition) is 1. The molecular weight excluding hydrogens is 266 g/mol. The fraction of sp³-hybridized carbons (Fsp3) is 0.333. The first-order valence-corrected chi connectivity index (χ1v) is 7.44. The van der Waals surface area contributed by atoms with Gasteiger partial charge in [-0.25, -0.2) is 0 Å². The second-order valence-corrected chi connectivity index (χ2v) is 5.96. The molecule has 1 N–H and O–H groups in total. The van der Waals surface area contributed by atoms with E-state index in [9.17, 15) is 0 Å². The topological polar surface area (TPSA) is 12.0 Å². The van der Waals surface area contributed by atoms with E-state index < -0.39 is 0 Å². The van der Waals surface area contributed by atoms with Gasteiger partial charge in [-0.1, -0.05) is 47.5 Å². The average Bonchev–Trinajstić information content (AvgIpc) is 2.39. The van der Waals surface area contributed by atoms with E-state index in [1.807, 2.05) is 12.1 Å². The first kappa shape index (κ1) is 15.1. The van der Waals surface area contributed by atoms with Gasteiger partial charge in [0.25, 0.3) is 0 Å². The van der Waals surface area contributed by atoms with Crippen molar-refractivity contribution in [1.29, 1.82) is 0 Å². The van der Waals surface area contributed by atoms with E-state index in [1.54, 1.807) is 0 Å². The Labute approximate surface area is 127 Å². The summed E-state index contributed by atoms with van der Waals surface area (Å²) in [4.78, 5) is 0. The van der Waals surface area contributed by atoms with Crippen LogP contribution >= 0.6 is 11.6 Å². The summed E-state index contributed by atoms with van der Waals surface area (Å²) in [5.41, 5.74) is 5.26. The quantitative estimate of drug-likeness (QED) is 0.797. The molecule has 0 heterocycles. The molecule has 0 bridgehead atoms. The summed E-state index contributed by atoms with van der Waals surface area (Å²) >= 11 is 5.93. The van der Waals surface area contributed by atoms with Crippen molar-refractivity contribution < 1.29 is 0 Å². The van der Waals surface area contributed by atoms with Gasteiger partial charge in [-0.05, 0) is 56.5 Å². The number of aryl methyl sites for hydroxylation is 2. The molecule has 0 spiro atoms. The van der Waals surface area contributed by atoms with Crippen molar-refractivity contribution in [3.05, 3.63) is 69.7 Å². The molecule has 106 valence electrons. The molecule has 0 saturated carbocycles. The monoisotopic (exact) mass is 287 g/mol. The van der Waals surface area contributed by atoms with Crippen LogP contribution in [-0.4, -0.2) is 0 Å². The van der Waals surface area contributed by atoms with Crippen LogP contribution in [0.1, 0.15) is 48.2 Å². The molecule has 0 aromatic heterocycles.